The third-order valence-electron chi connectivity index (χ3n) is 3.29. The van der Waals surface area contributed by atoms with Crippen molar-refractivity contribution in [1.82, 2.24) is 0 Å². The third-order valence-corrected chi connectivity index (χ3v) is 3.29. The number of aliphatic hydroxyl groups excluding tert-OH is 1. The SMILES string of the molecule is CCC(=O)OOC(=O)/C=C/C(=O)OOC(=O)CCC(=O)OOC(=O)/C=C(/C(=O)OOC(=O)CC)C(C)O. The number of hydrogen-bond donors (Lipinski definition) is 1. The minimum absolute atomic E-state index is 0.0680. The van der Waals surface area contributed by atoms with Crippen LogP contribution in [0.5, 0.6) is 0 Å². The summed E-state index contributed by atoms with van der Waals surface area (Å²) in [6, 6.07) is 0. The van der Waals surface area contributed by atoms with Crippen molar-refractivity contribution in [3.8, 4) is 0 Å². The van der Waals surface area contributed by atoms with Crippen LogP contribution in [0.3, 0.4) is 0 Å². The highest BCUT2D eigenvalue weighted by Crippen LogP contribution is 2.07. The molecule has 0 spiro atoms. The lowest BCUT2D eigenvalue weighted by Crippen LogP contribution is -2.21. The van der Waals surface area contributed by atoms with E-state index in [1.165, 1.54) is 13.8 Å². The Morgan fingerprint density at radius 2 is 0.973 bits per heavy atom. The first-order valence-corrected chi connectivity index (χ1v) is 10.1. The van der Waals surface area contributed by atoms with Gasteiger partial charge in [-0.15, -0.1) is 0 Å². The predicted molar refractivity (Wildman–Crippen MR) is 107 cm³/mol. The maximum absolute atomic E-state index is 11.7. The van der Waals surface area contributed by atoms with Gasteiger partial charge in [0.15, 0.2) is 0 Å². The van der Waals surface area contributed by atoms with Crippen molar-refractivity contribution in [2.24, 2.45) is 0 Å². The molecule has 0 aliphatic heterocycles. The highest BCUT2D eigenvalue weighted by atomic mass is 17.2. The van der Waals surface area contributed by atoms with Crippen LogP contribution in [0.4, 0.5) is 0 Å². The zero-order valence-electron chi connectivity index (χ0n) is 19.6. The molecule has 0 fully saturated rings. The summed E-state index contributed by atoms with van der Waals surface area (Å²) in [5.74, 6) is -9.70. The Bertz CT molecular complexity index is 943. The normalized spacial score (nSPS) is 11.4. The lowest BCUT2D eigenvalue weighted by Gasteiger charge is -2.08. The van der Waals surface area contributed by atoms with Crippen LogP contribution >= 0.6 is 0 Å². The molecule has 0 amide bonds. The molecule has 0 aromatic carbocycles. The number of carbonyl (C=O) groups excluding carboxylic acids is 8. The topological polar surface area (TPSA) is 231 Å². The molecule has 1 N–H and O–H groups in total. The lowest BCUT2D eigenvalue weighted by atomic mass is 10.1. The summed E-state index contributed by atoms with van der Waals surface area (Å²) in [7, 11) is 0. The molecular weight excluding hydrogens is 512 g/mol. The van der Waals surface area contributed by atoms with Gasteiger partial charge in [0.1, 0.15) is 0 Å². The van der Waals surface area contributed by atoms with Crippen LogP contribution in [-0.4, -0.2) is 59.0 Å². The predicted octanol–water partition coefficient (Wildman–Crippen LogP) is -0.544. The summed E-state index contributed by atoms with van der Waals surface area (Å²) in [5, 5.41) is 9.52. The van der Waals surface area contributed by atoms with E-state index in [2.05, 4.69) is 39.1 Å². The second-order valence-electron chi connectivity index (χ2n) is 6.22. The van der Waals surface area contributed by atoms with Gasteiger partial charge >= 0.3 is 47.8 Å². The Morgan fingerprint density at radius 1 is 0.595 bits per heavy atom. The smallest absolute Gasteiger partial charge is 0.385 e. The fourth-order valence-corrected chi connectivity index (χ4v) is 1.49. The highest BCUT2D eigenvalue weighted by Gasteiger charge is 2.22. The molecule has 0 heterocycles. The van der Waals surface area contributed by atoms with Crippen molar-refractivity contribution in [2.45, 2.75) is 52.6 Å². The summed E-state index contributed by atoms with van der Waals surface area (Å²) in [5.41, 5.74) is -0.709. The molecular formula is C20H22O17. The molecule has 0 aliphatic carbocycles. The average molecular weight is 534 g/mol. The molecule has 1 atom stereocenters. The van der Waals surface area contributed by atoms with E-state index in [1.807, 2.05) is 0 Å². The quantitative estimate of drug-likeness (QED) is 0.210. The molecule has 1 unspecified atom stereocenters. The second kappa shape index (κ2) is 17.6. The number of rotatable bonds is 10. The Labute approximate surface area is 207 Å². The Balaban J connectivity index is 4.42. The molecule has 0 aromatic heterocycles. The molecule has 0 saturated carbocycles. The Hall–Kier alpha value is -4.80. The van der Waals surface area contributed by atoms with Gasteiger partial charge in [0.05, 0.1) is 24.5 Å². The molecule has 0 aromatic rings. The van der Waals surface area contributed by atoms with Crippen LogP contribution in [-0.2, 0) is 77.5 Å². The van der Waals surface area contributed by atoms with Gasteiger partial charge in [-0.05, 0) is 6.92 Å². The van der Waals surface area contributed by atoms with Crippen molar-refractivity contribution in [2.75, 3.05) is 0 Å². The van der Waals surface area contributed by atoms with Crippen LogP contribution < -0.4 is 0 Å². The first kappa shape index (κ1) is 32.2. The second-order valence-corrected chi connectivity index (χ2v) is 6.22. The number of carbonyl (C=O) groups is 8. The highest BCUT2D eigenvalue weighted by molar-refractivity contribution is 5.97. The standard InChI is InChI=1S/C20H22O17/c1-4-13(22)30-32-15(24)6-7-16(25)33-34-17(26)8-9-18(27)35-36-19(28)10-12(11(3)21)20(29)37-31-14(23)5-2/h6-7,10-11,21H,4-5,8-9H2,1-3H3/b7-6+,12-10+. The molecule has 37 heavy (non-hydrogen) atoms. The van der Waals surface area contributed by atoms with Crippen molar-refractivity contribution in [1.29, 1.82) is 0 Å². The largest absolute Gasteiger partial charge is 0.388 e. The van der Waals surface area contributed by atoms with Gasteiger partial charge in [0, 0.05) is 31.1 Å². The van der Waals surface area contributed by atoms with Gasteiger partial charge in [-0.3, -0.25) is 0 Å². The maximum atomic E-state index is 11.7. The van der Waals surface area contributed by atoms with Gasteiger partial charge < -0.3 is 5.11 Å². The number of hydrogen-bond acceptors (Lipinski definition) is 17. The summed E-state index contributed by atoms with van der Waals surface area (Å²) in [4.78, 5) is 123. The van der Waals surface area contributed by atoms with E-state index in [-0.39, 0.29) is 12.8 Å². The van der Waals surface area contributed by atoms with E-state index >= 15 is 0 Å². The van der Waals surface area contributed by atoms with E-state index in [4.69, 9.17) is 0 Å². The Kier molecular flexibility index (Phi) is 15.3. The van der Waals surface area contributed by atoms with Gasteiger partial charge in [-0.1, -0.05) is 13.8 Å². The minimum atomic E-state index is -1.58. The van der Waals surface area contributed by atoms with Gasteiger partial charge in [0.25, 0.3) is 0 Å². The minimum Gasteiger partial charge on any atom is -0.388 e. The average Bonchev–Trinajstić information content (AvgIpc) is 2.87. The van der Waals surface area contributed by atoms with Crippen molar-refractivity contribution in [3.63, 3.8) is 0 Å². The van der Waals surface area contributed by atoms with Crippen LogP contribution in [0.1, 0.15) is 46.5 Å². The van der Waals surface area contributed by atoms with Crippen LogP contribution in [0.2, 0.25) is 0 Å². The lowest BCUT2D eigenvalue weighted by molar-refractivity contribution is -0.259. The van der Waals surface area contributed by atoms with E-state index < -0.39 is 72.3 Å². The maximum Gasteiger partial charge on any atom is 0.385 e. The van der Waals surface area contributed by atoms with E-state index in [9.17, 15) is 43.5 Å². The van der Waals surface area contributed by atoms with Crippen LogP contribution in [0.25, 0.3) is 0 Å². The van der Waals surface area contributed by atoms with Gasteiger partial charge in [0.2, 0.25) is 0 Å². The van der Waals surface area contributed by atoms with E-state index in [1.54, 1.807) is 0 Å². The monoisotopic (exact) mass is 534 g/mol. The molecule has 0 bridgehead atoms. The van der Waals surface area contributed by atoms with E-state index in [0.29, 0.717) is 18.2 Å². The zero-order valence-corrected chi connectivity index (χ0v) is 19.6. The van der Waals surface area contributed by atoms with Crippen LogP contribution in [0, 0.1) is 0 Å². The molecule has 0 radical (unpaired) electrons. The van der Waals surface area contributed by atoms with Crippen molar-refractivity contribution < 1.29 is 82.6 Å². The first-order chi connectivity index (χ1) is 17.4. The molecule has 17 nitrogen and oxygen atoms in total. The molecule has 204 valence electrons. The summed E-state index contributed by atoms with van der Waals surface area (Å²) in [6.45, 7) is 3.92. The van der Waals surface area contributed by atoms with Gasteiger partial charge in [-0.25, -0.2) is 77.5 Å². The summed E-state index contributed by atoms with van der Waals surface area (Å²) < 4.78 is 0. The fourth-order valence-electron chi connectivity index (χ4n) is 1.49. The summed E-state index contributed by atoms with van der Waals surface area (Å²) >= 11 is 0. The van der Waals surface area contributed by atoms with E-state index in [0.717, 1.165) is 6.92 Å². The molecule has 0 saturated heterocycles. The van der Waals surface area contributed by atoms with Crippen LogP contribution in [0.15, 0.2) is 23.8 Å². The summed E-state index contributed by atoms with van der Waals surface area (Å²) in [6.07, 6.45) is -1.84. The molecule has 0 rings (SSSR count). The molecule has 0 aliphatic rings. The van der Waals surface area contributed by atoms with Crippen molar-refractivity contribution in [3.05, 3.63) is 23.8 Å². The Morgan fingerprint density at radius 3 is 1.38 bits per heavy atom. The molecule has 17 heteroatoms. The zero-order chi connectivity index (χ0) is 28.4. The van der Waals surface area contributed by atoms with Gasteiger partial charge in [-0.2, -0.15) is 0 Å². The first-order valence-electron chi connectivity index (χ1n) is 10.1. The fraction of sp³-hybridized carbons (Fsp3) is 0.400. The number of aliphatic hydroxyl groups is 1. The third kappa shape index (κ3) is 15.7. The van der Waals surface area contributed by atoms with Crippen molar-refractivity contribution >= 4 is 47.8 Å².